The summed E-state index contributed by atoms with van der Waals surface area (Å²) in [6, 6.07) is 3.65. The van der Waals surface area contributed by atoms with Gasteiger partial charge in [0.15, 0.2) is 5.13 Å². The second-order valence-corrected chi connectivity index (χ2v) is 7.33. The Morgan fingerprint density at radius 2 is 1.86 bits per heavy atom. The molecule has 0 radical (unpaired) electrons. The summed E-state index contributed by atoms with van der Waals surface area (Å²) in [5.41, 5.74) is 0.956. The van der Waals surface area contributed by atoms with Crippen molar-refractivity contribution in [3.63, 3.8) is 0 Å². The van der Waals surface area contributed by atoms with E-state index >= 15 is 0 Å². The highest BCUT2D eigenvalue weighted by atomic mass is 32.1. The van der Waals surface area contributed by atoms with Crippen LogP contribution in [0.5, 0.6) is 11.5 Å². The molecular weight excluding hydrogens is 378 g/mol. The first-order valence-electron chi connectivity index (χ1n) is 8.79. The largest absolute Gasteiger partial charge is 0.495 e. The Kier molecular flexibility index (Phi) is 6.37. The Balaban J connectivity index is 2.02. The summed E-state index contributed by atoms with van der Waals surface area (Å²) in [6.45, 7) is 1.36. The SMILES string of the molecule is COc1ccc(OC)c2sc(N(CCCN(C)C)C(=O)c3cnccn3)nc12. The van der Waals surface area contributed by atoms with Crippen molar-refractivity contribution in [1.82, 2.24) is 19.9 Å². The van der Waals surface area contributed by atoms with Gasteiger partial charge in [-0.05, 0) is 39.2 Å². The van der Waals surface area contributed by atoms with Crippen LogP contribution < -0.4 is 14.4 Å². The molecule has 0 aliphatic rings. The molecule has 3 rings (SSSR count). The van der Waals surface area contributed by atoms with Gasteiger partial charge in [0.25, 0.3) is 5.91 Å². The number of methoxy groups -OCH3 is 2. The molecule has 1 aromatic carbocycles. The molecule has 0 aliphatic carbocycles. The Labute approximate surface area is 167 Å². The number of nitrogens with zero attached hydrogens (tertiary/aromatic N) is 5. The van der Waals surface area contributed by atoms with Crippen LogP contribution in [-0.4, -0.2) is 67.2 Å². The maximum Gasteiger partial charge on any atom is 0.280 e. The number of benzene rings is 1. The molecule has 0 bridgehead atoms. The van der Waals surface area contributed by atoms with Crippen molar-refractivity contribution in [3.8, 4) is 11.5 Å². The molecule has 8 nitrogen and oxygen atoms in total. The second-order valence-electron chi connectivity index (χ2n) is 6.35. The smallest absolute Gasteiger partial charge is 0.280 e. The van der Waals surface area contributed by atoms with Crippen LogP contribution >= 0.6 is 11.3 Å². The van der Waals surface area contributed by atoms with Crippen molar-refractivity contribution in [1.29, 1.82) is 0 Å². The third kappa shape index (κ3) is 4.20. The standard InChI is InChI=1S/C19H23N5O3S/c1-23(2)10-5-11-24(18(25)13-12-20-8-9-21-13)19-22-16-14(26-3)6-7-15(27-4)17(16)28-19/h6-9,12H,5,10-11H2,1-4H3. The summed E-state index contributed by atoms with van der Waals surface area (Å²) in [6.07, 6.45) is 5.31. The molecular formula is C19H23N5O3S. The fourth-order valence-corrected chi connectivity index (χ4v) is 3.87. The van der Waals surface area contributed by atoms with E-state index in [1.165, 1.54) is 23.7 Å². The normalized spacial score (nSPS) is 11.0. The number of thiazole rings is 1. The van der Waals surface area contributed by atoms with Gasteiger partial charge in [0.1, 0.15) is 27.4 Å². The quantitative estimate of drug-likeness (QED) is 0.574. The van der Waals surface area contributed by atoms with E-state index in [9.17, 15) is 4.79 Å². The lowest BCUT2D eigenvalue weighted by Gasteiger charge is -2.20. The van der Waals surface area contributed by atoms with Gasteiger partial charge in [0.2, 0.25) is 0 Å². The zero-order valence-corrected chi connectivity index (χ0v) is 17.2. The summed E-state index contributed by atoms with van der Waals surface area (Å²) in [5, 5.41) is 0.576. The molecule has 0 spiro atoms. The van der Waals surface area contributed by atoms with Crippen LogP contribution in [0, 0.1) is 0 Å². The number of ether oxygens (including phenoxy) is 2. The first kappa shape index (κ1) is 20.0. The predicted molar refractivity (Wildman–Crippen MR) is 110 cm³/mol. The lowest BCUT2D eigenvalue weighted by Crippen LogP contribution is -2.34. The number of fused-ring (bicyclic) bond motifs is 1. The minimum atomic E-state index is -0.233. The van der Waals surface area contributed by atoms with Gasteiger partial charge in [-0.2, -0.15) is 0 Å². The highest BCUT2D eigenvalue weighted by Gasteiger charge is 2.24. The molecule has 2 heterocycles. The fourth-order valence-electron chi connectivity index (χ4n) is 2.77. The van der Waals surface area contributed by atoms with Crippen LogP contribution in [0.2, 0.25) is 0 Å². The lowest BCUT2D eigenvalue weighted by molar-refractivity contribution is 0.0981. The van der Waals surface area contributed by atoms with Gasteiger partial charge in [-0.25, -0.2) is 9.97 Å². The first-order valence-corrected chi connectivity index (χ1v) is 9.61. The lowest BCUT2D eigenvalue weighted by atomic mass is 10.3. The van der Waals surface area contributed by atoms with Crippen LogP contribution in [0.25, 0.3) is 10.2 Å². The zero-order valence-electron chi connectivity index (χ0n) is 16.4. The Hall–Kier alpha value is -2.78. The van der Waals surface area contributed by atoms with Gasteiger partial charge < -0.3 is 14.4 Å². The van der Waals surface area contributed by atoms with Crippen molar-refractivity contribution in [3.05, 3.63) is 36.4 Å². The number of rotatable bonds is 8. The molecule has 3 aromatic rings. The van der Waals surface area contributed by atoms with Crippen molar-refractivity contribution >= 4 is 32.6 Å². The highest BCUT2D eigenvalue weighted by Crippen LogP contribution is 2.40. The van der Waals surface area contributed by atoms with Crippen LogP contribution in [0.4, 0.5) is 5.13 Å². The topological polar surface area (TPSA) is 80.7 Å². The van der Waals surface area contributed by atoms with E-state index in [1.54, 1.807) is 25.3 Å². The third-order valence-corrected chi connectivity index (χ3v) is 5.24. The van der Waals surface area contributed by atoms with Gasteiger partial charge in [-0.3, -0.25) is 14.7 Å². The van der Waals surface area contributed by atoms with Crippen LogP contribution in [-0.2, 0) is 0 Å². The second kappa shape index (κ2) is 8.94. The maximum absolute atomic E-state index is 13.1. The zero-order chi connectivity index (χ0) is 20.1. The molecule has 0 aliphatic heterocycles. The Morgan fingerprint density at radius 1 is 1.11 bits per heavy atom. The molecule has 28 heavy (non-hydrogen) atoms. The average molecular weight is 401 g/mol. The van der Waals surface area contributed by atoms with E-state index in [1.807, 2.05) is 26.2 Å². The Morgan fingerprint density at radius 3 is 2.50 bits per heavy atom. The molecule has 2 aromatic heterocycles. The highest BCUT2D eigenvalue weighted by molar-refractivity contribution is 7.22. The van der Waals surface area contributed by atoms with Gasteiger partial charge in [-0.1, -0.05) is 11.3 Å². The van der Waals surface area contributed by atoms with Crippen molar-refractivity contribution in [2.45, 2.75) is 6.42 Å². The van der Waals surface area contributed by atoms with E-state index in [0.29, 0.717) is 28.7 Å². The van der Waals surface area contributed by atoms with E-state index in [4.69, 9.17) is 14.5 Å². The number of carbonyl (C=O) groups excluding carboxylic acids is 1. The minimum absolute atomic E-state index is 0.233. The molecule has 0 atom stereocenters. The number of amides is 1. The van der Waals surface area contributed by atoms with Crippen LogP contribution in [0.15, 0.2) is 30.7 Å². The van der Waals surface area contributed by atoms with Crippen LogP contribution in [0.1, 0.15) is 16.9 Å². The average Bonchev–Trinajstić information content (AvgIpc) is 3.15. The summed E-state index contributed by atoms with van der Waals surface area (Å²) in [5.74, 6) is 1.10. The predicted octanol–water partition coefficient (Wildman–Crippen LogP) is 2.70. The van der Waals surface area contributed by atoms with Crippen LogP contribution in [0.3, 0.4) is 0 Å². The van der Waals surface area contributed by atoms with Crippen molar-refractivity contribution < 1.29 is 14.3 Å². The van der Waals surface area contributed by atoms with Gasteiger partial charge in [0.05, 0.1) is 20.4 Å². The molecule has 0 unspecified atom stereocenters. The monoisotopic (exact) mass is 401 g/mol. The van der Waals surface area contributed by atoms with E-state index in [0.717, 1.165) is 17.7 Å². The number of carbonyl (C=O) groups is 1. The molecule has 0 N–H and O–H groups in total. The van der Waals surface area contributed by atoms with Crippen molar-refractivity contribution in [2.24, 2.45) is 0 Å². The summed E-state index contributed by atoms with van der Waals surface area (Å²) >= 11 is 1.40. The molecule has 148 valence electrons. The number of hydrogen-bond acceptors (Lipinski definition) is 8. The number of aromatic nitrogens is 3. The van der Waals surface area contributed by atoms with Crippen molar-refractivity contribution in [2.75, 3.05) is 46.3 Å². The minimum Gasteiger partial charge on any atom is -0.495 e. The molecule has 9 heteroatoms. The molecule has 0 saturated heterocycles. The maximum atomic E-state index is 13.1. The number of anilines is 1. The molecule has 0 saturated carbocycles. The van der Waals surface area contributed by atoms with E-state index in [2.05, 4.69) is 14.9 Å². The van der Waals surface area contributed by atoms with Gasteiger partial charge >= 0.3 is 0 Å². The summed E-state index contributed by atoms with van der Waals surface area (Å²) < 4.78 is 11.7. The molecule has 1 amide bonds. The Bertz CT molecular complexity index is 904. The fraction of sp³-hybridized carbons (Fsp3) is 0.368. The third-order valence-electron chi connectivity index (χ3n) is 4.14. The summed E-state index contributed by atoms with van der Waals surface area (Å²) in [4.78, 5) is 29.7. The molecule has 0 fully saturated rings. The van der Waals surface area contributed by atoms with Gasteiger partial charge in [-0.15, -0.1) is 0 Å². The first-order chi connectivity index (χ1) is 13.5. The van der Waals surface area contributed by atoms with Gasteiger partial charge in [0, 0.05) is 18.9 Å². The summed E-state index contributed by atoms with van der Waals surface area (Å²) in [7, 11) is 7.21. The number of hydrogen-bond donors (Lipinski definition) is 0. The van der Waals surface area contributed by atoms with E-state index < -0.39 is 0 Å². The van der Waals surface area contributed by atoms with E-state index in [-0.39, 0.29) is 11.6 Å².